The molecule has 0 aromatic heterocycles. The highest BCUT2D eigenvalue weighted by molar-refractivity contribution is 5.78. The molecule has 124 valence electrons. The second-order valence-corrected chi connectivity index (χ2v) is 6.36. The Hall–Kier alpha value is -1.31. The Kier molecular flexibility index (Phi) is 9.61. The van der Waals surface area contributed by atoms with E-state index in [-0.39, 0.29) is 0 Å². The zero-order chi connectivity index (χ0) is 16.2. The zero-order valence-corrected chi connectivity index (χ0v) is 14.6. The summed E-state index contributed by atoms with van der Waals surface area (Å²) in [5.74, 6) is 1.76. The van der Waals surface area contributed by atoms with Crippen molar-refractivity contribution in [3.05, 3.63) is 29.8 Å². The molecule has 0 aliphatic rings. The highest BCUT2D eigenvalue weighted by Crippen LogP contribution is 2.18. The third-order valence-corrected chi connectivity index (χ3v) is 3.88. The van der Waals surface area contributed by atoms with Crippen LogP contribution in [0, 0.1) is 5.92 Å². The minimum Gasteiger partial charge on any atom is -0.494 e. The van der Waals surface area contributed by atoms with Crippen LogP contribution in [0.5, 0.6) is 5.75 Å². The number of ketones is 1. The second-order valence-electron chi connectivity index (χ2n) is 6.36. The maximum atomic E-state index is 11.7. The van der Waals surface area contributed by atoms with Crippen LogP contribution in [0.3, 0.4) is 0 Å². The Morgan fingerprint density at radius 3 is 2.41 bits per heavy atom. The second kappa shape index (κ2) is 11.3. The quantitative estimate of drug-likeness (QED) is 0.471. The van der Waals surface area contributed by atoms with Crippen LogP contribution < -0.4 is 4.74 Å². The molecule has 0 bridgehead atoms. The Bertz CT molecular complexity index is 408. The number of Topliss-reactive ketones (excluding diaryl/α,β-unsaturated/α-hetero) is 1. The minimum atomic E-state index is 0.391. The van der Waals surface area contributed by atoms with Crippen LogP contribution in [0.2, 0.25) is 0 Å². The molecule has 22 heavy (non-hydrogen) atoms. The number of unbranched alkanes of at least 4 members (excludes halogenated alkanes) is 3. The van der Waals surface area contributed by atoms with Gasteiger partial charge in [-0.3, -0.25) is 4.79 Å². The van der Waals surface area contributed by atoms with Gasteiger partial charge in [0.1, 0.15) is 11.5 Å². The van der Waals surface area contributed by atoms with E-state index in [2.05, 4.69) is 45.0 Å². The molecular weight excluding hydrogens is 272 g/mol. The smallest absolute Gasteiger partial charge is 0.133 e. The monoisotopic (exact) mass is 304 g/mol. The SMILES string of the molecule is CCCCCCOc1ccc(CC(C)CC(=O)CCC)cc1. The summed E-state index contributed by atoms with van der Waals surface area (Å²) in [6.07, 6.45) is 8.26. The summed E-state index contributed by atoms with van der Waals surface area (Å²) in [6.45, 7) is 7.24. The van der Waals surface area contributed by atoms with Crippen molar-refractivity contribution in [2.24, 2.45) is 5.92 Å². The fraction of sp³-hybridized carbons (Fsp3) is 0.650. The van der Waals surface area contributed by atoms with Crippen molar-refractivity contribution in [2.75, 3.05) is 6.61 Å². The van der Waals surface area contributed by atoms with Gasteiger partial charge in [0.15, 0.2) is 0 Å². The number of hydrogen-bond acceptors (Lipinski definition) is 2. The van der Waals surface area contributed by atoms with Crippen LogP contribution in [0.15, 0.2) is 24.3 Å². The first kappa shape index (κ1) is 18.7. The lowest BCUT2D eigenvalue weighted by Gasteiger charge is -2.11. The van der Waals surface area contributed by atoms with E-state index in [0.29, 0.717) is 18.1 Å². The third kappa shape index (κ3) is 8.21. The Morgan fingerprint density at radius 1 is 1.05 bits per heavy atom. The molecule has 0 N–H and O–H groups in total. The molecule has 2 heteroatoms. The fourth-order valence-electron chi connectivity index (χ4n) is 2.68. The van der Waals surface area contributed by atoms with Gasteiger partial charge in [0.05, 0.1) is 6.61 Å². The molecule has 0 spiro atoms. The van der Waals surface area contributed by atoms with Crippen molar-refractivity contribution in [1.29, 1.82) is 0 Å². The largest absolute Gasteiger partial charge is 0.494 e. The molecule has 0 radical (unpaired) electrons. The molecule has 0 aliphatic heterocycles. The predicted octanol–water partition coefficient (Wildman–Crippen LogP) is 5.58. The summed E-state index contributed by atoms with van der Waals surface area (Å²) >= 11 is 0. The Balaban J connectivity index is 2.30. The molecule has 1 unspecified atom stereocenters. The lowest BCUT2D eigenvalue weighted by atomic mass is 9.95. The summed E-state index contributed by atoms with van der Waals surface area (Å²) in [7, 11) is 0. The number of rotatable bonds is 12. The van der Waals surface area contributed by atoms with Gasteiger partial charge in [-0.05, 0) is 42.9 Å². The number of carbonyl (C=O) groups excluding carboxylic acids is 1. The van der Waals surface area contributed by atoms with Crippen molar-refractivity contribution in [1.82, 2.24) is 0 Å². The van der Waals surface area contributed by atoms with Crippen LogP contribution >= 0.6 is 0 Å². The van der Waals surface area contributed by atoms with E-state index in [0.717, 1.165) is 38.0 Å². The highest BCUT2D eigenvalue weighted by Gasteiger charge is 2.09. The van der Waals surface area contributed by atoms with Crippen LogP contribution in [-0.2, 0) is 11.2 Å². The van der Waals surface area contributed by atoms with Gasteiger partial charge in [0.2, 0.25) is 0 Å². The molecule has 0 fully saturated rings. The maximum Gasteiger partial charge on any atom is 0.133 e. The number of benzene rings is 1. The molecule has 0 saturated heterocycles. The van der Waals surface area contributed by atoms with Gasteiger partial charge < -0.3 is 4.74 Å². The normalized spacial score (nSPS) is 12.1. The van der Waals surface area contributed by atoms with Crippen molar-refractivity contribution in [3.63, 3.8) is 0 Å². The first-order chi connectivity index (χ1) is 10.7. The van der Waals surface area contributed by atoms with Crippen LogP contribution in [0.1, 0.15) is 71.3 Å². The molecule has 1 aromatic rings. The van der Waals surface area contributed by atoms with E-state index in [9.17, 15) is 4.79 Å². The van der Waals surface area contributed by atoms with Crippen molar-refractivity contribution >= 4 is 5.78 Å². The van der Waals surface area contributed by atoms with E-state index in [1.165, 1.54) is 24.8 Å². The average molecular weight is 304 g/mol. The molecular formula is C20H32O2. The van der Waals surface area contributed by atoms with Gasteiger partial charge in [-0.2, -0.15) is 0 Å². The Morgan fingerprint density at radius 2 is 1.77 bits per heavy atom. The number of carbonyl (C=O) groups is 1. The van der Waals surface area contributed by atoms with Crippen molar-refractivity contribution in [3.8, 4) is 5.75 Å². The van der Waals surface area contributed by atoms with E-state index < -0.39 is 0 Å². The molecule has 0 aliphatic carbocycles. The fourth-order valence-corrected chi connectivity index (χ4v) is 2.68. The summed E-state index contributed by atoms with van der Waals surface area (Å²) in [5, 5.41) is 0. The van der Waals surface area contributed by atoms with Gasteiger partial charge in [-0.25, -0.2) is 0 Å². The van der Waals surface area contributed by atoms with Crippen LogP contribution in [0.25, 0.3) is 0 Å². The van der Waals surface area contributed by atoms with Gasteiger partial charge in [-0.1, -0.05) is 52.2 Å². The minimum absolute atomic E-state index is 0.391. The molecule has 0 amide bonds. The molecule has 2 nitrogen and oxygen atoms in total. The van der Waals surface area contributed by atoms with Gasteiger partial charge in [0.25, 0.3) is 0 Å². The number of ether oxygens (including phenoxy) is 1. The first-order valence-electron chi connectivity index (χ1n) is 8.89. The summed E-state index contributed by atoms with van der Waals surface area (Å²) in [4.78, 5) is 11.7. The zero-order valence-electron chi connectivity index (χ0n) is 14.6. The van der Waals surface area contributed by atoms with Crippen molar-refractivity contribution in [2.45, 2.75) is 72.1 Å². The summed E-state index contributed by atoms with van der Waals surface area (Å²) in [5.41, 5.74) is 1.29. The van der Waals surface area contributed by atoms with Crippen LogP contribution in [-0.4, -0.2) is 12.4 Å². The summed E-state index contributed by atoms with van der Waals surface area (Å²) < 4.78 is 5.75. The molecule has 1 rings (SSSR count). The maximum absolute atomic E-state index is 11.7. The van der Waals surface area contributed by atoms with Crippen molar-refractivity contribution < 1.29 is 9.53 Å². The number of hydrogen-bond donors (Lipinski definition) is 0. The van der Waals surface area contributed by atoms with E-state index in [4.69, 9.17) is 4.74 Å². The molecule has 0 saturated carbocycles. The van der Waals surface area contributed by atoms with Gasteiger partial charge in [0, 0.05) is 12.8 Å². The predicted molar refractivity (Wildman–Crippen MR) is 93.5 cm³/mol. The third-order valence-electron chi connectivity index (χ3n) is 3.88. The van der Waals surface area contributed by atoms with E-state index >= 15 is 0 Å². The van der Waals surface area contributed by atoms with Crippen LogP contribution in [0.4, 0.5) is 0 Å². The molecule has 1 atom stereocenters. The highest BCUT2D eigenvalue weighted by atomic mass is 16.5. The lowest BCUT2D eigenvalue weighted by Crippen LogP contribution is -2.07. The summed E-state index contributed by atoms with van der Waals surface area (Å²) in [6, 6.07) is 8.36. The standard InChI is InChI=1S/C20H32O2/c1-4-6-7-8-14-22-20-12-10-18(11-13-20)15-17(3)16-19(21)9-5-2/h10-13,17H,4-9,14-16H2,1-3H3. The van der Waals surface area contributed by atoms with E-state index in [1.807, 2.05) is 0 Å². The Labute approximate surface area is 136 Å². The first-order valence-corrected chi connectivity index (χ1v) is 8.89. The van der Waals surface area contributed by atoms with E-state index in [1.54, 1.807) is 0 Å². The average Bonchev–Trinajstić information content (AvgIpc) is 2.49. The lowest BCUT2D eigenvalue weighted by molar-refractivity contribution is -0.119. The topological polar surface area (TPSA) is 26.3 Å². The van der Waals surface area contributed by atoms with Gasteiger partial charge >= 0.3 is 0 Å². The molecule has 1 aromatic carbocycles. The molecule has 0 heterocycles. The van der Waals surface area contributed by atoms with Gasteiger partial charge in [-0.15, -0.1) is 0 Å².